The summed E-state index contributed by atoms with van der Waals surface area (Å²) in [5, 5.41) is 3.68. The van der Waals surface area contributed by atoms with Gasteiger partial charge in [-0.05, 0) is 57.6 Å². The van der Waals surface area contributed by atoms with E-state index >= 15 is 0 Å². The Morgan fingerprint density at radius 2 is 2.20 bits per heavy atom. The molecule has 4 heteroatoms. The van der Waals surface area contributed by atoms with Crippen LogP contribution in [-0.4, -0.2) is 40.6 Å². The number of likely N-dealkylation sites (tertiary alicyclic amines) is 1. The van der Waals surface area contributed by atoms with Gasteiger partial charge in [-0.15, -0.1) is 0 Å². The molecule has 0 spiro atoms. The molecule has 1 N–H and O–H groups in total. The van der Waals surface area contributed by atoms with Crippen molar-refractivity contribution >= 4 is 5.69 Å². The van der Waals surface area contributed by atoms with Gasteiger partial charge >= 0.3 is 0 Å². The van der Waals surface area contributed by atoms with Gasteiger partial charge in [0.05, 0.1) is 6.33 Å². The molecule has 0 radical (unpaired) electrons. The molecule has 1 saturated heterocycles. The number of anilines is 1. The molecule has 4 nitrogen and oxygen atoms in total. The Balaban J connectivity index is 1.70. The van der Waals surface area contributed by atoms with Gasteiger partial charge in [0.1, 0.15) is 0 Å². The monoisotopic (exact) mass is 270 g/mol. The topological polar surface area (TPSA) is 33.1 Å². The van der Waals surface area contributed by atoms with Crippen molar-refractivity contribution in [1.29, 1.82) is 0 Å². The molecule has 0 bridgehead atoms. The molecule has 1 atom stereocenters. The van der Waals surface area contributed by atoms with Crippen molar-refractivity contribution in [3.8, 4) is 5.69 Å². The summed E-state index contributed by atoms with van der Waals surface area (Å²) in [6.07, 6.45) is 9.35. The highest BCUT2D eigenvalue weighted by Gasteiger charge is 2.14. The Labute approximate surface area is 120 Å². The third-order valence-electron chi connectivity index (χ3n) is 3.97. The summed E-state index contributed by atoms with van der Waals surface area (Å²) >= 11 is 0. The second kappa shape index (κ2) is 6.09. The molecule has 1 unspecified atom stereocenters. The van der Waals surface area contributed by atoms with E-state index < -0.39 is 0 Å². The van der Waals surface area contributed by atoms with Crippen LogP contribution in [-0.2, 0) is 0 Å². The van der Waals surface area contributed by atoms with E-state index in [0.29, 0.717) is 6.04 Å². The molecule has 1 aromatic heterocycles. The van der Waals surface area contributed by atoms with Crippen molar-refractivity contribution in [1.82, 2.24) is 14.5 Å². The molecule has 0 amide bonds. The number of rotatable bonds is 3. The van der Waals surface area contributed by atoms with E-state index in [4.69, 9.17) is 0 Å². The van der Waals surface area contributed by atoms with Gasteiger partial charge in [-0.3, -0.25) is 0 Å². The van der Waals surface area contributed by atoms with Crippen molar-refractivity contribution in [3.05, 3.63) is 43.0 Å². The Kier molecular flexibility index (Phi) is 4.02. The van der Waals surface area contributed by atoms with E-state index in [2.05, 4.69) is 46.5 Å². The van der Waals surface area contributed by atoms with Crippen molar-refractivity contribution < 1.29 is 0 Å². The maximum Gasteiger partial charge on any atom is 0.0991 e. The number of benzene rings is 1. The molecule has 0 saturated carbocycles. The molecule has 1 fully saturated rings. The first kappa shape index (κ1) is 13.2. The number of hydrogen-bond donors (Lipinski definition) is 1. The average molecular weight is 270 g/mol. The Morgan fingerprint density at radius 3 is 3.05 bits per heavy atom. The van der Waals surface area contributed by atoms with Gasteiger partial charge in [0.25, 0.3) is 0 Å². The zero-order valence-corrected chi connectivity index (χ0v) is 12.0. The summed E-state index contributed by atoms with van der Waals surface area (Å²) in [4.78, 5) is 6.52. The minimum absolute atomic E-state index is 0.581. The fourth-order valence-corrected chi connectivity index (χ4v) is 2.79. The summed E-state index contributed by atoms with van der Waals surface area (Å²) in [5.41, 5.74) is 2.35. The number of nitrogens with zero attached hydrogens (tertiary/aromatic N) is 3. The largest absolute Gasteiger partial charge is 0.382 e. The van der Waals surface area contributed by atoms with E-state index in [1.54, 1.807) is 6.20 Å². The van der Waals surface area contributed by atoms with Gasteiger partial charge in [0.15, 0.2) is 0 Å². The van der Waals surface area contributed by atoms with Crippen LogP contribution < -0.4 is 5.32 Å². The first-order chi connectivity index (χ1) is 9.81. The summed E-state index contributed by atoms with van der Waals surface area (Å²) in [7, 11) is 2.21. The number of nitrogens with one attached hydrogen (secondary N) is 1. The molecule has 0 aliphatic carbocycles. The van der Waals surface area contributed by atoms with Crippen molar-refractivity contribution in [3.63, 3.8) is 0 Å². The third kappa shape index (κ3) is 3.20. The molecule has 2 aromatic rings. The lowest BCUT2D eigenvalue weighted by Crippen LogP contribution is -2.23. The predicted molar refractivity (Wildman–Crippen MR) is 82.3 cm³/mol. The standard InChI is InChI=1S/C16H22N4/c1-19-9-3-5-14(7-10-19)18-15-4-2-6-16(12-15)20-11-8-17-13-20/h2,4,6,8,11-14,18H,3,5,7,9-10H2,1H3. The predicted octanol–water partition coefficient (Wildman–Crippen LogP) is 2.77. The first-order valence-electron chi connectivity index (χ1n) is 7.35. The van der Waals surface area contributed by atoms with E-state index in [-0.39, 0.29) is 0 Å². The molecule has 20 heavy (non-hydrogen) atoms. The fraction of sp³-hybridized carbons (Fsp3) is 0.438. The van der Waals surface area contributed by atoms with Crippen molar-refractivity contribution in [2.24, 2.45) is 0 Å². The van der Waals surface area contributed by atoms with Crippen LogP contribution in [0.25, 0.3) is 5.69 Å². The van der Waals surface area contributed by atoms with Crippen molar-refractivity contribution in [2.75, 3.05) is 25.5 Å². The normalized spacial score (nSPS) is 20.6. The zero-order chi connectivity index (χ0) is 13.8. The molecular weight excluding hydrogens is 248 g/mol. The SMILES string of the molecule is CN1CCCC(Nc2cccc(-n3ccnc3)c2)CC1. The quantitative estimate of drug-likeness (QED) is 0.931. The van der Waals surface area contributed by atoms with E-state index in [9.17, 15) is 0 Å². The van der Waals surface area contributed by atoms with Gasteiger partial charge < -0.3 is 14.8 Å². The van der Waals surface area contributed by atoms with E-state index in [1.807, 2.05) is 17.1 Å². The summed E-state index contributed by atoms with van der Waals surface area (Å²) < 4.78 is 2.03. The fourth-order valence-electron chi connectivity index (χ4n) is 2.79. The maximum absolute atomic E-state index is 4.10. The highest BCUT2D eigenvalue weighted by molar-refractivity contribution is 5.51. The summed E-state index contributed by atoms with van der Waals surface area (Å²) in [5.74, 6) is 0. The van der Waals surface area contributed by atoms with Gasteiger partial charge in [0, 0.05) is 29.8 Å². The van der Waals surface area contributed by atoms with Crippen LogP contribution in [0, 0.1) is 0 Å². The van der Waals surface area contributed by atoms with Crippen LogP contribution in [0.5, 0.6) is 0 Å². The summed E-state index contributed by atoms with van der Waals surface area (Å²) in [6.45, 7) is 2.39. The zero-order valence-electron chi connectivity index (χ0n) is 12.0. The molecule has 106 valence electrons. The summed E-state index contributed by atoms with van der Waals surface area (Å²) in [6, 6.07) is 9.12. The van der Waals surface area contributed by atoms with E-state index in [0.717, 1.165) is 5.69 Å². The number of hydrogen-bond acceptors (Lipinski definition) is 3. The Hall–Kier alpha value is -1.81. The lowest BCUT2D eigenvalue weighted by Gasteiger charge is -2.18. The molecule has 1 aliphatic heterocycles. The Bertz CT molecular complexity index is 535. The highest BCUT2D eigenvalue weighted by Crippen LogP contribution is 2.19. The first-order valence-corrected chi connectivity index (χ1v) is 7.35. The van der Waals surface area contributed by atoms with Crippen LogP contribution in [0.2, 0.25) is 0 Å². The van der Waals surface area contributed by atoms with Crippen molar-refractivity contribution in [2.45, 2.75) is 25.3 Å². The van der Waals surface area contributed by atoms with Crippen LogP contribution in [0.1, 0.15) is 19.3 Å². The average Bonchev–Trinajstić information content (AvgIpc) is 2.92. The van der Waals surface area contributed by atoms with Gasteiger partial charge in [0.2, 0.25) is 0 Å². The van der Waals surface area contributed by atoms with Gasteiger partial charge in [-0.25, -0.2) is 4.98 Å². The van der Waals surface area contributed by atoms with Crippen LogP contribution >= 0.6 is 0 Å². The van der Waals surface area contributed by atoms with Crippen LogP contribution in [0.15, 0.2) is 43.0 Å². The molecule has 3 rings (SSSR count). The van der Waals surface area contributed by atoms with E-state index in [1.165, 1.54) is 38.0 Å². The molecule has 2 heterocycles. The molecule has 1 aliphatic rings. The number of aromatic nitrogens is 2. The van der Waals surface area contributed by atoms with Crippen LogP contribution in [0.4, 0.5) is 5.69 Å². The lowest BCUT2D eigenvalue weighted by atomic mass is 10.1. The lowest BCUT2D eigenvalue weighted by molar-refractivity contribution is 0.348. The van der Waals surface area contributed by atoms with Gasteiger partial charge in [-0.1, -0.05) is 6.07 Å². The third-order valence-corrected chi connectivity index (χ3v) is 3.97. The maximum atomic E-state index is 4.10. The minimum atomic E-state index is 0.581. The smallest absolute Gasteiger partial charge is 0.0991 e. The Morgan fingerprint density at radius 1 is 1.25 bits per heavy atom. The molecular formula is C16H22N4. The highest BCUT2D eigenvalue weighted by atomic mass is 15.1. The second-order valence-corrected chi connectivity index (χ2v) is 5.60. The number of imidazole rings is 1. The second-order valence-electron chi connectivity index (χ2n) is 5.60. The molecule has 1 aromatic carbocycles. The van der Waals surface area contributed by atoms with Gasteiger partial charge in [-0.2, -0.15) is 0 Å². The van der Waals surface area contributed by atoms with Crippen LogP contribution in [0.3, 0.4) is 0 Å². The minimum Gasteiger partial charge on any atom is -0.382 e.